The molecule has 2 unspecified atom stereocenters. The van der Waals surface area contributed by atoms with Gasteiger partial charge in [-0.15, -0.1) is 0 Å². The predicted molar refractivity (Wildman–Crippen MR) is 63.6 cm³/mol. The number of nitrogens with one attached hydrogen (secondary N) is 1. The van der Waals surface area contributed by atoms with E-state index in [2.05, 4.69) is 10.3 Å². The zero-order chi connectivity index (χ0) is 12.4. The molecule has 0 aromatic carbocycles. The molecule has 6 heteroatoms. The van der Waals surface area contributed by atoms with Crippen LogP contribution in [-0.2, 0) is 4.74 Å². The lowest BCUT2D eigenvalue weighted by atomic mass is 10.1. The quantitative estimate of drug-likeness (QED) is 0.866. The van der Waals surface area contributed by atoms with E-state index in [4.69, 9.17) is 21.4 Å². The highest BCUT2D eigenvalue weighted by Gasteiger charge is 2.25. The van der Waals surface area contributed by atoms with Gasteiger partial charge in [-0.05, 0) is 19.4 Å². The average Bonchev–Trinajstić information content (AvgIpc) is 2.67. The summed E-state index contributed by atoms with van der Waals surface area (Å²) >= 11 is 5.98. The molecule has 1 aromatic rings. The van der Waals surface area contributed by atoms with Crippen LogP contribution in [0.15, 0.2) is 12.3 Å². The molecule has 2 atom stereocenters. The number of ether oxygens (including phenoxy) is 1. The van der Waals surface area contributed by atoms with Gasteiger partial charge in [-0.1, -0.05) is 11.6 Å². The van der Waals surface area contributed by atoms with Gasteiger partial charge in [0.1, 0.15) is 5.82 Å². The van der Waals surface area contributed by atoms with Crippen molar-refractivity contribution in [3.8, 4) is 0 Å². The smallest absolute Gasteiger partial charge is 0.337 e. The van der Waals surface area contributed by atoms with Crippen LogP contribution < -0.4 is 5.32 Å². The number of hydrogen-bond donors (Lipinski definition) is 2. The van der Waals surface area contributed by atoms with Crippen molar-refractivity contribution in [1.82, 2.24) is 4.98 Å². The van der Waals surface area contributed by atoms with Crippen LogP contribution in [0.5, 0.6) is 0 Å². The Morgan fingerprint density at radius 2 is 2.47 bits per heavy atom. The molecule has 5 nitrogen and oxygen atoms in total. The summed E-state index contributed by atoms with van der Waals surface area (Å²) in [4.78, 5) is 15.0. The van der Waals surface area contributed by atoms with E-state index >= 15 is 0 Å². The van der Waals surface area contributed by atoms with E-state index < -0.39 is 5.97 Å². The number of nitrogens with zero attached hydrogens (tertiary/aromatic N) is 1. The Morgan fingerprint density at radius 1 is 1.71 bits per heavy atom. The highest BCUT2D eigenvalue weighted by molar-refractivity contribution is 6.35. The fourth-order valence-electron chi connectivity index (χ4n) is 1.81. The summed E-state index contributed by atoms with van der Waals surface area (Å²) in [5.41, 5.74) is 0.0516. The number of anilines is 1. The average molecular weight is 257 g/mol. The molecule has 0 bridgehead atoms. The fourth-order valence-corrected chi connectivity index (χ4v) is 2.05. The first-order valence-electron chi connectivity index (χ1n) is 5.35. The third kappa shape index (κ3) is 2.50. The molecule has 92 valence electrons. The molecule has 0 radical (unpaired) electrons. The Morgan fingerprint density at radius 3 is 3.06 bits per heavy atom. The van der Waals surface area contributed by atoms with Crippen LogP contribution in [0.25, 0.3) is 0 Å². The lowest BCUT2D eigenvalue weighted by Gasteiger charge is -2.17. The number of pyridine rings is 1. The fraction of sp³-hybridized carbons (Fsp3) is 0.455. The molecule has 0 amide bonds. The second-order valence-electron chi connectivity index (χ2n) is 3.94. The summed E-state index contributed by atoms with van der Waals surface area (Å²) in [6.45, 7) is 2.65. The van der Waals surface area contributed by atoms with Crippen LogP contribution in [0.4, 0.5) is 5.82 Å². The number of carboxylic acid groups (broad SMARTS) is 1. The van der Waals surface area contributed by atoms with Crippen molar-refractivity contribution < 1.29 is 14.6 Å². The third-order valence-corrected chi connectivity index (χ3v) is 3.20. The molecular formula is C11H13ClN2O3. The molecule has 2 heterocycles. The van der Waals surface area contributed by atoms with Crippen LogP contribution in [-0.4, -0.2) is 34.8 Å². The van der Waals surface area contributed by atoms with Crippen LogP contribution in [0.3, 0.4) is 0 Å². The second-order valence-corrected chi connectivity index (χ2v) is 4.32. The Labute approximate surface area is 104 Å². The molecule has 1 fully saturated rings. The molecule has 0 saturated carbocycles. The topological polar surface area (TPSA) is 71.5 Å². The van der Waals surface area contributed by atoms with Gasteiger partial charge in [0.2, 0.25) is 0 Å². The van der Waals surface area contributed by atoms with Gasteiger partial charge >= 0.3 is 5.97 Å². The number of carboxylic acids is 1. The van der Waals surface area contributed by atoms with E-state index in [9.17, 15) is 4.79 Å². The first kappa shape index (κ1) is 12.1. The predicted octanol–water partition coefficient (Wildman–Crippen LogP) is 2.02. The minimum absolute atomic E-state index is 0.0516. The number of hydrogen-bond acceptors (Lipinski definition) is 4. The molecule has 0 aliphatic carbocycles. The van der Waals surface area contributed by atoms with Gasteiger partial charge in [-0.3, -0.25) is 0 Å². The number of aromatic nitrogens is 1. The maximum atomic E-state index is 10.9. The SMILES string of the molecule is CC1OCCC1Nc1nccc(C(=O)O)c1Cl. The van der Waals surface area contributed by atoms with Crippen LogP contribution in [0, 0.1) is 0 Å². The zero-order valence-electron chi connectivity index (χ0n) is 9.31. The number of carbonyl (C=O) groups is 1. The summed E-state index contributed by atoms with van der Waals surface area (Å²) < 4.78 is 5.41. The molecule has 2 N–H and O–H groups in total. The summed E-state index contributed by atoms with van der Waals surface area (Å²) in [5, 5.41) is 12.2. The number of rotatable bonds is 3. The van der Waals surface area contributed by atoms with Crippen molar-refractivity contribution in [3.05, 3.63) is 22.8 Å². The van der Waals surface area contributed by atoms with Crippen molar-refractivity contribution in [2.75, 3.05) is 11.9 Å². The Hall–Kier alpha value is -1.33. The van der Waals surface area contributed by atoms with Gasteiger partial charge in [0.15, 0.2) is 0 Å². The maximum absolute atomic E-state index is 10.9. The summed E-state index contributed by atoms with van der Waals surface area (Å²) in [6.07, 6.45) is 2.36. The van der Waals surface area contributed by atoms with Gasteiger partial charge in [0.25, 0.3) is 0 Å². The van der Waals surface area contributed by atoms with E-state index in [0.29, 0.717) is 12.4 Å². The first-order chi connectivity index (χ1) is 8.09. The molecular weight excluding hydrogens is 244 g/mol. The number of aromatic carboxylic acids is 1. The van der Waals surface area contributed by atoms with Gasteiger partial charge < -0.3 is 15.2 Å². The van der Waals surface area contributed by atoms with Crippen molar-refractivity contribution in [2.45, 2.75) is 25.5 Å². The normalized spacial score (nSPS) is 23.6. The van der Waals surface area contributed by atoms with E-state index in [1.165, 1.54) is 12.3 Å². The van der Waals surface area contributed by atoms with Crippen molar-refractivity contribution in [3.63, 3.8) is 0 Å². The van der Waals surface area contributed by atoms with Gasteiger partial charge in [-0.25, -0.2) is 9.78 Å². The van der Waals surface area contributed by atoms with Gasteiger partial charge in [0.05, 0.1) is 22.7 Å². The second kappa shape index (κ2) is 4.89. The first-order valence-corrected chi connectivity index (χ1v) is 5.73. The molecule has 1 aromatic heterocycles. The molecule has 0 spiro atoms. The largest absolute Gasteiger partial charge is 0.478 e. The Kier molecular flexibility index (Phi) is 3.49. The van der Waals surface area contributed by atoms with E-state index in [1.54, 1.807) is 0 Å². The Balaban J connectivity index is 2.21. The standard InChI is InChI=1S/C11H13ClN2O3/c1-6-8(3-5-17-6)14-10-9(12)7(11(15)16)2-4-13-10/h2,4,6,8H,3,5H2,1H3,(H,13,14)(H,15,16). The Bertz CT molecular complexity index is 439. The summed E-state index contributed by atoms with van der Waals surface area (Å²) in [5.74, 6) is -0.662. The van der Waals surface area contributed by atoms with Crippen molar-refractivity contribution in [1.29, 1.82) is 0 Å². The van der Waals surface area contributed by atoms with Crippen LogP contribution in [0.1, 0.15) is 23.7 Å². The third-order valence-electron chi connectivity index (χ3n) is 2.82. The van der Waals surface area contributed by atoms with Crippen LogP contribution in [0.2, 0.25) is 5.02 Å². The maximum Gasteiger partial charge on any atom is 0.337 e. The van der Waals surface area contributed by atoms with Crippen LogP contribution >= 0.6 is 11.6 Å². The highest BCUT2D eigenvalue weighted by Crippen LogP contribution is 2.26. The minimum Gasteiger partial charge on any atom is -0.478 e. The lowest BCUT2D eigenvalue weighted by molar-refractivity contribution is 0.0697. The highest BCUT2D eigenvalue weighted by atomic mass is 35.5. The van der Waals surface area contributed by atoms with E-state index in [1.807, 2.05) is 6.92 Å². The summed E-state index contributed by atoms with van der Waals surface area (Å²) in [6, 6.07) is 1.49. The van der Waals surface area contributed by atoms with Gasteiger partial charge in [-0.2, -0.15) is 0 Å². The molecule has 1 aliphatic heterocycles. The molecule has 2 rings (SSSR count). The van der Waals surface area contributed by atoms with Crippen molar-refractivity contribution in [2.24, 2.45) is 0 Å². The molecule has 17 heavy (non-hydrogen) atoms. The molecule has 1 saturated heterocycles. The van der Waals surface area contributed by atoms with E-state index in [-0.39, 0.29) is 22.7 Å². The number of halogens is 1. The minimum atomic E-state index is -1.06. The van der Waals surface area contributed by atoms with E-state index in [0.717, 1.165) is 6.42 Å². The summed E-state index contributed by atoms with van der Waals surface area (Å²) in [7, 11) is 0. The zero-order valence-corrected chi connectivity index (χ0v) is 10.1. The van der Waals surface area contributed by atoms with Gasteiger partial charge in [0, 0.05) is 12.8 Å². The monoisotopic (exact) mass is 256 g/mol. The molecule has 1 aliphatic rings. The van der Waals surface area contributed by atoms with Crippen molar-refractivity contribution >= 4 is 23.4 Å². The lowest BCUT2D eigenvalue weighted by Crippen LogP contribution is -2.27.